The standard InChI is InChI=1S/C23H21N3O3S/c27-23(18-7-1-3-9-20(18)28-13-17-14-30-15-24-17)26-11-5-6-16(12-26)22-25-19-8-2-4-10-21(19)29-22/h1-4,7-10,14-16H,5-6,11-13H2. The van der Waals surface area contributed by atoms with E-state index >= 15 is 0 Å². The van der Waals surface area contributed by atoms with Crippen molar-refractivity contribution in [1.29, 1.82) is 0 Å². The fraction of sp³-hybridized carbons (Fsp3) is 0.261. The lowest BCUT2D eigenvalue weighted by atomic mass is 9.97. The van der Waals surface area contributed by atoms with Gasteiger partial charge in [0.2, 0.25) is 0 Å². The summed E-state index contributed by atoms with van der Waals surface area (Å²) in [5, 5.41) is 1.94. The maximum Gasteiger partial charge on any atom is 0.257 e. The average molecular weight is 420 g/mol. The second kappa shape index (κ2) is 8.28. The molecule has 0 N–H and O–H groups in total. The van der Waals surface area contributed by atoms with Gasteiger partial charge >= 0.3 is 0 Å². The Kier molecular flexibility index (Phi) is 5.19. The third kappa shape index (κ3) is 3.80. The van der Waals surface area contributed by atoms with Gasteiger partial charge in [-0.05, 0) is 37.1 Å². The molecule has 0 aliphatic carbocycles. The molecular weight excluding hydrogens is 398 g/mol. The number of likely N-dealkylation sites (tertiary alicyclic amines) is 1. The van der Waals surface area contributed by atoms with Crippen LogP contribution in [0.15, 0.2) is 63.8 Å². The molecule has 30 heavy (non-hydrogen) atoms. The Hall–Kier alpha value is -3.19. The summed E-state index contributed by atoms with van der Waals surface area (Å²) in [7, 11) is 0. The number of piperidine rings is 1. The second-order valence-electron chi connectivity index (χ2n) is 7.37. The minimum atomic E-state index is -0.0234. The van der Waals surface area contributed by atoms with Crippen LogP contribution in [0.25, 0.3) is 11.1 Å². The van der Waals surface area contributed by atoms with E-state index in [1.807, 2.05) is 58.8 Å². The predicted molar refractivity (Wildman–Crippen MR) is 115 cm³/mol. The number of carbonyl (C=O) groups is 1. The van der Waals surface area contributed by atoms with Gasteiger partial charge < -0.3 is 14.1 Å². The molecule has 7 heteroatoms. The molecule has 0 bridgehead atoms. The van der Waals surface area contributed by atoms with Gasteiger partial charge in [-0.1, -0.05) is 24.3 Å². The van der Waals surface area contributed by atoms with Gasteiger partial charge in [0.15, 0.2) is 11.5 Å². The highest BCUT2D eigenvalue weighted by atomic mass is 32.1. The molecule has 2 aromatic carbocycles. The molecule has 1 saturated heterocycles. The fourth-order valence-electron chi connectivity index (χ4n) is 3.83. The first-order valence-corrected chi connectivity index (χ1v) is 11.0. The van der Waals surface area contributed by atoms with E-state index in [4.69, 9.17) is 9.15 Å². The zero-order valence-electron chi connectivity index (χ0n) is 16.4. The van der Waals surface area contributed by atoms with Gasteiger partial charge in [0.05, 0.1) is 22.7 Å². The number of nitrogens with zero attached hydrogens (tertiary/aromatic N) is 3. The Morgan fingerprint density at radius 2 is 2.07 bits per heavy atom. The quantitative estimate of drug-likeness (QED) is 0.461. The number of hydrogen-bond donors (Lipinski definition) is 0. The summed E-state index contributed by atoms with van der Waals surface area (Å²) in [4.78, 5) is 24.1. The summed E-state index contributed by atoms with van der Waals surface area (Å²) < 4.78 is 11.9. The summed E-state index contributed by atoms with van der Waals surface area (Å²) in [6.45, 7) is 1.65. The number of carbonyl (C=O) groups excluding carboxylic acids is 1. The minimum Gasteiger partial charge on any atom is -0.486 e. The van der Waals surface area contributed by atoms with E-state index in [1.165, 1.54) is 11.3 Å². The van der Waals surface area contributed by atoms with Gasteiger partial charge in [-0.2, -0.15) is 0 Å². The molecular formula is C23H21N3O3S. The maximum absolute atomic E-state index is 13.3. The molecule has 152 valence electrons. The number of benzene rings is 2. The number of thiazole rings is 1. The van der Waals surface area contributed by atoms with Gasteiger partial charge in [-0.25, -0.2) is 9.97 Å². The highest BCUT2D eigenvalue weighted by Gasteiger charge is 2.29. The third-order valence-corrected chi connectivity index (χ3v) is 5.98. The van der Waals surface area contributed by atoms with Gasteiger partial charge in [-0.3, -0.25) is 4.79 Å². The lowest BCUT2D eigenvalue weighted by Gasteiger charge is -2.31. The third-order valence-electron chi connectivity index (χ3n) is 5.34. The second-order valence-corrected chi connectivity index (χ2v) is 8.09. The SMILES string of the molecule is O=C(c1ccccc1OCc1cscn1)N1CCCC(c2nc3ccccc3o2)C1. The molecule has 5 rings (SSSR count). The molecule has 1 aliphatic heterocycles. The Morgan fingerprint density at radius 3 is 2.93 bits per heavy atom. The van der Waals surface area contributed by atoms with Crippen molar-refractivity contribution in [2.24, 2.45) is 0 Å². The molecule has 0 saturated carbocycles. The molecule has 2 aromatic heterocycles. The van der Waals surface area contributed by atoms with Crippen molar-refractivity contribution in [2.75, 3.05) is 13.1 Å². The smallest absolute Gasteiger partial charge is 0.257 e. The van der Waals surface area contributed by atoms with E-state index in [0.717, 1.165) is 36.2 Å². The van der Waals surface area contributed by atoms with Gasteiger partial charge in [0.25, 0.3) is 5.91 Å². The monoisotopic (exact) mass is 419 g/mol. The molecule has 1 unspecified atom stereocenters. The van der Waals surface area contributed by atoms with Crippen LogP contribution in [0.3, 0.4) is 0 Å². The molecule has 1 atom stereocenters. The maximum atomic E-state index is 13.3. The average Bonchev–Trinajstić information content (AvgIpc) is 3.47. The van der Waals surface area contributed by atoms with E-state index in [-0.39, 0.29) is 11.8 Å². The fourth-order valence-corrected chi connectivity index (χ4v) is 4.37. The van der Waals surface area contributed by atoms with Crippen molar-refractivity contribution in [1.82, 2.24) is 14.9 Å². The highest BCUT2D eigenvalue weighted by Crippen LogP contribution is 2.31. The zero-order chi connectivity index (χ0) is 20.3. The number of ether oxygens (including phenoxy) is 1. The Labute approximate surface area is 178 Å². The number of hydrogen-bond acceptors (Lipinski definition) is 6. The highest BCUT2D eigenvalue weighted by molar-refractivity contribution is 7.07. The van der Waals surface area contributed by atoms with Crippen LogP contribution < -0.4 is 4.74 Å². The largest absolute Gasteiger partial charge is 0.486 e. The Morgan fingerprint density at radius 1 is 1.20 bits per heavy atom. The van der Waals surface area contributed by atoms with Crippen LogP contribution in [0.1, 0.15) is 40.7 Å². The minimum absolute atomic E-state index is 0.0234. The lowest BCUT2D eigenvalue weighted by molar-refractivity contribution is 0.0694. The van der Waals surface area contributed by atoms with E-state index in [1.54, 1.807) is 5.51 Å². The predicted octanol–water partition coefficient (Wildman–Crippen LogP) is 4.88. The number of aromatic nitrogens is 2. The molecule has 6 nitrogen and oxygen atoms in total. The molecule has 0 spiro atoms. The summed E-state index contributed by atoms with van der Waals surface area (Å²) >= 11 is 1.53. The summed E-state index contributed by atoms with van der Waals surface area (Å²) in [6.07, 6.45) is 1.87. The first-order valence-electron chi connectivity index (χ1n) is 10.0. The first-order chi connectivity index (χ1) is 14.8. The van der Waals surface area contributed by atoms with Gasteiger partial charge in [0, 0.05) is 18.5 Å². The van der Waals surface area contributed by atoms with Gasteiger partial charge in [-0.15, -0.1) is 11.3 Å². The van der Waals surface area contributed by atoms with Crippen molar-refractivity contribution < 1.29 is 13.9 Å². The molecule has 1 amide bonds. The van der Waals surface area contributed by atoms with Crippen molar-refractivity contribution in [3.8, 4) is 5.75 Å². The van der Waals surface area contributed by atoms with E-state index in [2.05, 4.69) is 9.97 Å². The lowest BCUT2D eigenvalue weighted by Crippen LogP contribution is -2.39. The zero-order valence-corrected chi connectivity index (χ0v) is 17.2. The number of oxazole rings is 1. The van der Waals surface area contributed by atoms with Crippen molar-refractivity contribution in [3.05, 3.63) is 76.6 Å². The van der Waals surface area contributed by atoms with Crippen LogP contribution in [0.5, 0.6) is 5.75 Å². The van der Waals surface area contributed by atoms with Crippen LogP contribution in [0.2, 0.25) is 0 Å². The first kappa shape index (κ1) is 18.8. The van der Waals surface area contributed by atoms with Crippen LogP contribution >= 0.6 is 11.3 Å². The van der Waals surface area contributed by atoms with Crippen molar-refractivity contribution in [2.45, 2.75) is 25.4 Å². The normalized spacial score (nSPS) is 16.7. The van der Waals surface area contributed by atoms with E-state index in [9.17, 15) is 4.79 Å². The summed E-state index contributed by atoms with van der Waals surface area (Å²) in [5.74, 6) is 1.36. The molecule has 4 aromatic rings. The molecule has 0 radical (unpaired) electrons. The Bertz CT molecular complexity index is 1120. The number of para-hydroxylation sites is 3. The van der Waals surface area contributed by atoms with Crippen molar-refractivity contribution in [3.63, 3.8) is 0 Å². The van der Waals surface area contributed by atoms with Crippen LogP contribution in [-0.4, -0.2) is 33.9 Å². The van der Waals surface area contributed by atoms with Crippen LogP contribution in [-0.2, 0) is 6.61 Å². The van der Waals surface area contributed by atoms with Crippen molar-refractivity contribution >= 4 is 28.3 Å². The van der Waals surface area contributed by atoms with Crippen LogP contribution in [0, 0.1) is 0 Å². The molecule has 1 fully saturated rings. The number of rotatable bonds is 5. The van der Waals surface area contributed by atoms with Crippen LogP contribution in [0.4, 0.5) is 0 Å². The molecule has 3 heterocycles. The number of amides is 1. The number of fused-ring (bicyclic) bond motifs is 1. The van der Waals surface area contributed by atoms with E-state index < -0.39 is 0 Å². The van der Waals surface area contributed by atoms with E-state index in [0.29, 0.717) is 30.4 Å². The van der Waals surface area contributed by atoms with Gasteiger partial charge in [0.1, 0.15) is 17.9 Å². The Balaban J connectivity index is 1.33. The summed E-state index contributed by atoms with van der Waals surface area (Å²) in [5.41, 5.74) is 4.85. The molecule has 1 aliphatic rings. The topological polar surface area (TPSA) is 68.5 Å². The summed E-state index contributed by atoms with van der Waals surface area (Å²) in [6, 6.07) is 15.2.